The number of rotatable bonds is 1. The van der Waals surface area contributed by atoms with Crippen LogP contribution in [0.4, 0.5) is 0 Å². The van der Waals surface area contributed by atoms with Crippen LogP contribution in [0.15, 0.2) is 11.1 Å². The van der Waals surface area contributed by atoms with Crippen LogP contribution < -0.4 is 0 Å². The molecule has 0 bridgehead atoms. The summed E-state index contributed by atoms with van der Waals surface area (Å²) in [7, 11) is 0. The van der Waals surface area contributed by atoms with E-state index in [-0.39, 0.29) is 0 Å². The van der Waals surface area contributed by atoms with E-state index in [4.69, 9.17) is 11.6 Å². The molecule has 0 atom stereocenters. The summed E-state index contributed by atoms with van der Waals surface area (Å²) in [5, 5.41) is 0.318. The Hall–Kier alpha value is -0.540. The Morgan fingerprint density at radius 1 is 1.67 bits per heavy atom. The van der Waals surface area contributed by atoms with E-state index in [1.807, 2.05) is 0 Å². The number of thioether (sulfide) groups is 1. The van der Waals surface area contributed by atoms with Gasteiger partial charge in [-0.25, -0.2) is 4.98 Å². The first-order valence-corrected chi connectivity index (χ1v) is 4.94. The summed E-state index contributed by atoms with van der Waals surface area (Å²) in [5.74, 6) is 1.03. The molecule has 2 rings (SSSR count). The molecule has 0 aliphatic carbocycles. The minimum Gasteiger partial charge on any atom is -0.298 e. The molecule has 0 saturated carbocycles. The molecule has 0 radical (unpaired) electrons. The maximum absolute atomic E-state index is 10.6. The van der Waals surface area contributed by atoms with E-state index in [9.17, 15) is 4.79 Å². The highest BCUT2D eigenvalue weighted by atomic mass is 35.5. The van der Waals surface area contributed by atoms with Crippen molar-refractivity contribution in [3.63, 3.8) is 0 Å². The summed E-state index contributed by atoms with van der Waals surface area (Å²) in [5.41, 5.74) is 1.70. The molecule has 0 N–H and O–H groups in total. The lowest BCUT2D eigenvalue weighted by Gasteiger charge is -2.01. The van der Waals surface area contributed by atoms with E-state index in [1.165, 1.54) is 0 Å². The van der Waals surface area contributed by atoms with Crippen LogP contribution in [0.25, 0.3) is 0 Å². The van der Waals surface area contributed by atoms with Crippen LogP contribution in [0.2, 0.25) is 5.15 Å². The normalized spacial score (nSPS) is 14.4. The van der Waals surface area contributed by atoms with Crippen LogP contribution in [0.5, 0.6) is 0 Å². The highest BCUT2D eigenvalue weighted by Crippen LogP contribution is 2.35. The number of halogens is 1. The third-order valence-corrected chi connectivity index (χ3v) is 3.31. The van der Waals surface area contributed by atoms with Gasteiger partial charge in [0, 0.05) is 16.8 Å². The van der Waals surface area contributed by atoms with Gasteiger partial charge in [-0.05, 0) is 12.0 Å². The van der Waals surface area contributed by atoms with Crippen molar-refractivity contribution in [1.82, 2.24) is 4.98 Å². The van der Waals surface area contributed by atoms with Crippen LogP contribution in [0.1, 0.15) is 15.9 Å². The predicted molar refractivity (Wildman–Crippen MR) is 49.1 cm³/mol. The molecule has 1 aromatic rings. The van der Waals surface area contributed by atoms with Gasteiger partial charge in [0.1, 0.15) is 5.15 Å². The number of fused-ring (bicyclic) bond motifs is 1. The zero-order valence-corrected chi connectivity index (χ0v) is 7.78. The Labute approximate surface area is 79.3 Å². The van der Waals surface area contributed by atoms with Crippen molar-refractivity contribution in [3.05, 3.63) is 22.5 Å². The number of hydrogen-bond acceptors (Lipinski definition) is 3. The molecule has 1 aromatic heterocycles. The molecule has 1 aliphatic rings. The molecule has 62 valence electrons. The van der Waals surface area contributed by atoms with Gasteiger partial charge in [-0.1, -0.05) is 11.6 Å². The van der Waals surface area contributed by atoms with Crippen molar-refractivity contribution in [2.24, 2.45) is 0 Å². The van der Waals surface area contributed by atoms with E-state index < -0.39 is 0 Å². The van der Waals surface area contributed by atoms with E-state index in [0.717, 1.165) is 28.9 Å². The Kier molecular flexibility index (Phi) is 2.07. The van der Waals surface area contributed by atoms with Crippen molar-refractivity contribution in [3.8, 4) is 0 Å². The minimum absolute atomic E-state index is 0.318. The summed E-state index contributed by atoms with van der Waals surface area (Å²) in [6.45, 7) is 0. The number of carbonyl (C=O) groups excluding carboxylic acids is 1. The van der Waals surface area contributed by atoms with E-state index in [0.29, 0.717) is 10.7 Å². The van der Waals surface area contributed by atoms with Gasteiger partial charge in [0.15, 0.2) is 6.29 Å². The Morgan fingerprint density at radius 3 is 3.25 bits per heavy atom. The van der Waals surface area contributed by atoms with Crippen molar-refractivity contribution in [2.75, 3.05) is 5.75 Å². The monoisotopic (exact) mass is 199 g/mol. The fourth-order valence-corrected chi connectivity index (χ4v) is 2.65. The Bertz CT molecular complexity index is 340. The van der Waals surface area contributed by atoms with E-state index in [2.05, 4.69) is 4.98 Å². The second-order valence-electron chi connectivity index (χ2n) is 2.53. The van der Waals surface area contributed by atoms with Gasteiger partial charge in [-0.15, -0.1) is 11.8 Å². The zero-order valence-electron chi connectivity index (χ0n) is 6.21. The summed E-state index contributed by atoms with van der Waals surface area (Å²) in [6, 6.07) is 0. The summed E-state index contributed by atoms with van der Waals surface area (Å²) in [4.78, 5) is 15.6. The first-order chi connectivity index (χ1) is 5.83. The van der Waals surface area contributed by atoms with Crippen molar-refractivity contribution in [1.29, 1.82) is 0 Å². The van der Waals surface area contributed by atoms with Gasteiger partial charge < -0.3 is 0 Å². The summed E-state index contributed by atoms with van der Waals surface area (Å²) >= 11 is 7.43. The third kappa shape index (κ3) is 1.13. The van der Waals surface area contributed by atoms with Gasteiger partial charge in [-0.2, -0.15) is 0 Å². The molecule has 0 saturated heterocycles. The Balaban J connectivity index is 2.65. The highest BCUT2D eigenvalue weighted by Gasteiger charge is 2.18. The number of carbonyl (C=O) groups is 1. The molecule has 4 heteroatoms. The first kappa shape index (κ1) is 8.08. The molecule has 2 heterocycles. The maximum atomic E-state index is 10.6. The average molecular weight is 200 g/mol. The maximum Gasteiger partial charge on any atom is 0.154 e. The van der Waals surface area contributed by atoms with E-state index in [1.54, 1.807) is 18.0 Å². The smallest absolute Gasteiger partial charge is 0.154 e. The lowest BCUT2D eigenvalue weighted by atomic mass is 10.2. The summed E-state index contributed by atoms with van der Waals surface area (Å²) < 4.78 is 0. The molecule has 1 aliphatic heterocycles. The fourth-order valence-electron chi connectivity index (χ4n) is 1.24. The molecule has 2 nitrogen and oxygen atoms in total. The standard InChI is InChI=1S/C8H6ClNOS/c9-8-6(4-11)7-5(3-10-8)1-2-12-7/h3-4H,1-2H2. The Morgan fingerprint density at radius 2 is 2.50 bits per heavy atom. The number of hydrogen-bond donors (Lipinski definition) is 0. The fraction of sp³-hybridized carbons (Fsp3) is 0.250. The van der Waals surface area contributed by atoms with Gasteiger partial charge in [0.2, 0.25) is 0 Å². The minimum atomic E-state index is 0.318. The second kappa shape index (κ2) is 3.07. The number of nitrogens with zero attached hydrogens (tertiary/aromatic N) is 1. The predicted octanol–water partition coefficient (Wildman–Crippen LogP) is 2.20. The largest absolute Gasteiger partial charge is 0.298 e. The molecular weight excluding hydrogens is 194 g/mol. The van der Waals surface area contributed by atoms with Crippen molar-refractivity contribution < 1.29 is 4.79 Å². The first-order valence-electron chi connectivity index (χ1n) is 3.58. The van der Waals surface area contributed by atoms with Gasteiger partial charge in [0.05, 0.1) is 5.56 Å². The van der Waals surface area contributed by atoms with Crippen LogP contribution >= 0.6 is 23.4 Å². The average Bonchev–Trinajstić information content (AvgIpc) is 2.52. The van der Waals surface area contributed by atoms with Gasteiger partial charge in [-0.3, -0.25) is 4.79 Å². The lowest BCUT2D eigenvalue weighted by Crippen LogP contribution is -1.91. The van der Waals surface area contributed by atoms with Crippen LogP contribution in [-0.4, -0.2) is 17.0 Å². The molecule has 0 aromatic carbocycles. The van der Waals surface area contributed by atoms with Crippen molar-refractivity contribution in [2.45, 2.75) is 11.3 Å². The van der Waals surface area contributed by atoms with Crippen molar-refractivity contribution >= 4 is 29.6 Å². The topological polar surface area (TPSA) is 30.0 Å². The quantitative estimate of drug-likeness (QED) is 0.513. The number of pyridine rings is 1. The second-order valence-corrected chi connectivity index (χ2v) is 4.00. The van der Waals surface area contributed by atoms with Crippen LogP contribution in [-0.2, 0) is 6.42 Å². The molecule has 0 fully saturated rings. The number of aromatic nitrogens is 1. The molecule has 12 heavy (non-hydrogen) atoms. The number of aldehydes is 1. The lowest BCUT2D eigenvalue weighted by molar-refractivity contribution is 0.112. The highest BCUT2D eigenvalue weighted by molar-refractivity contribution is 7.99. The number of aryl methyl sites for hydroxylation is 1. The van der Waals surface area contributed by atoms with Crippen LogP contribution in [0, 0.1) is 0 Å². The summed E-state index contributed by atoms with van der Waals surface area (Å²) in [6.07, 6.45) is 3.53. The third-order valence-electron chi connectivity index (χ3n) is 1.83. The van der Waals surface area contributed by atoms with Crippen LogP contribution in [0.3, 0.4) is 0 Å². The molecule has 0 amide bonds. The van der Waals surface area contributed by atoms with Gasteiger partial charge in [0.25, 0.3) is 0 Å². The van der Waals surface area contributed by atoms with Gasteiger partial charge >= 0.3 is 0 Å². The molecule has 0 unspecified atom stereocenters. The van der Waals surface area contributed by atoms with E-state index >= 15 is 0 Å². The molecule has 0 spiro atoms. The molecular formula is C8H6ClNOS. The zero-order chi connectivity index (χ0) is 8.55. The SMILES string of the molecule is O=Cc1c(Cl)ncc2c1SCC2.